The summed E-state index contributed by atoms with van der Waals surface area (Å²) in [6, 6.07) is 12.1. The summed E-state index contributed by atoms with van der Waals surface area (Å²) in [6.45, 7) is 0. The molecule has 3 aromatic rings. The second kappa shape index (κ2) is 4.96. The van der Waals surface area contributed by atoms with Gasteiger partial charge in [-0.1, -0.05) is 23.7 Å². The molecule has 20 heavy (non-hydrogen) atoms. The Kier molecular flexibility index (Phi) is 3.28. The summed E-state index contributed by atoms with van der Waals surface area (Å²) in [7, 11) is 0. The maximum Gasteiger partial charge on any atom is 0.228 e. The third-order valence-electron chi connectivity index (χ3n) is 2.98. The van der Waals surface area contributed by atoms with Crippen LogP contribution in [0.5, 0.6) is 0 Å². The number of halogens is 2. The number of fused-ring (bicyclic) bond motifs is 1. The fourth-order valence-corrected chi connectivity index (χ4v) is 2.55. The normalized spacial score (nSPS) is 10.9. The van der Waals surface area contributed by atoms with Crippen LogP contribution in [0.2, 0.25) is 5.02 Å². The van der Waals surface area contributed by atoms with E-state index in [0.717, 1.165) is 5.39 Å². The Morgan fingerprint density at radius 1 is 1.20 bits per heavy atom. The van der Waals surface area contributed by atoms with E-state index >= 15 is 0 Å². The van der Waals surface area contributed by atoms with Gasteiger partial charge in [0.05, 0.1) is 5.02 Å². The molecule has 0 spiro atoms. The molecule has 3 rings (SSSR count). The zero-order chi connectivity index (χ0) is 14.3. The molecule has 0 amide bonds. The summed E-state index contributed by atoms with van der Waals surface area (Å²) in [5.41, 5.74) is 7.31. The van der Waals surface area contributed by atoms with Crippen LogP contribution < -0.4 is 5.73 Å². The maximum atomic E-state index is 12.4. The molecule has 0 atom stereocenters. The van der Waals surface area contributed by atoms with E-state index in [1.165, 1.54) is 0 Å². The highest BCUT2D eigenvalue weighted by molar-refractivity contribution is 9.10. The van der Waals surface area contributed by atoms with Crippen molar-refractivity contribution in [2.45, 2.75) is 0 Å². The third-order valence-corrected chi connectivity index (χ3v) is 3.97. The zero-order valence-electron chi connectivity index (χ0n) is 10.2. The highest BCUT2D eigenvalue weighted by atomic mass is 79.9. The molecule has 0 saturated carbocycles. The predicted octanol–water partition coefficient (Wildman–Crippen LogP) is 4.66. The minimum atomic E-state index is -0.210. The van der Waals surface area contributed by atoms with Gasteiger partial charge >= 0.3 is 0 Å². The van der Waals surface area contributed by atoms with Crippen LogP contribution in [-0.4, -0.2) is 5.78 Å². The van der Waals surface area contributed by atoms with E-state index in [1.54, 1.807) is 30.3 Å². The van der Waals surface area contributed by atoms with Crippen molar-refractivity contribution < 1.29 is 9.21 Å². The van der Waals surface area contributed by atoms with Crippen molar-refractivity contribution in [2.75, 3.05) is 5.73 Å². The van der Waals surface area contributed by atoms with Gasteiger partial charge in [0.2, 0.25) is 5.78 Å². The summed E-state index contributed by atoms with van der Waals surface area (Å²) >= 11 is 9.34. The van der Waals surface area contributed by atoms with Crippen molar-refractivity contribution in [2.24, 2.45) is 0 Å². The number of para-hydroxylation sites is 1. The number of anilines is 1. The highest BCUT2D eigenvalue weighted by Crippen LogP contribution is 2.28. The quantitative estimate of drug-likeness (QED) is 0.540. The lowest BCUT2D eigenvalue weighted by molar-refractivity contribution is 0.101. The van der Waals surface area contributed by atoms with Gasteiger partial charge in [0, 0.05) is 21.1 Å². The first kappa shape index (κ1) is 13.2. The number of rotatable bonds is 2. The smallest absolute Gasteiger partial charge is 0.228 e. The first-order valence-corrected chi connectivity index (χ1v) is 7.01. The lowest BCUT2D eigenvalue weighted by Gasteiger charge is -2.01. The molecule has 0 aliphatic carbocycles. The standard InChI is InChI=1S/C15H9BrClNO2/c16-10-6-8(4-5-12(10)18)14(19)13-7-9-2-1-3-11(17)15(9)20-13/h1-7H,18H2. The lowest BCUT2D eigenvalue weighted by Crippen LogP contribution is -2.00. The molecule has 0 fully saturated rings. The van der Waals surface area contributed by atoms with Gasteiger partial charge in [-0.25, -0.2) is 0 Å². The Hall–Kier alpha value is -1.78. The van der Waals surface area contributed by atoms with Crippen LogP contribution in [0.25, 0.3) is 11.0 Å². The predicted molar refractivity (Wildman–Crippen MR) is 83.2 cm³/mol. The molecule has 2 N–H and O–H groups in total. The molecule has 0 aliphatic heterocycles. The van der Waals surface area contributed by atoms with Gasteiger partial charge in [-0.15, -0.1) is 0 Å². The van der Waals surface area contributed by atoms with Gasteiger partial charge in [-0.2, -0.15) is 0 Å². The molecule has 1 heterocycles. The van der Waals surface area contributed by atoms with Crippen LogP contribution in [0.4, 0.5) is 5.69 Å². The van der Waals surface area contributed by atoms with E-state index in [9.17, 15) is 4.79 Å². The minimum absolute atomic E-state index is 0.210. The molecule has 3 nitrogen and oxygen atoms in total. The van der Waals surface area contributed by atoms with Gasteiger partial charge < -0.3 is 10.2 Å². The summed E-state index contributed by atoms with van der Waals surface area (Å²) in [5, 5.41) is 1.29. The van der Waals surface area contributed by atoms with E-state index in [-0.39, 0.29) is 11.5 Å². The molecule has 0 aliphatic rings. The van der Waals surface area contributed by atoms with Crippen LogP contribution in [-0.2, 0) is 0 Å². The summed E-state index contributed by atoms with van der Waals surface area (Å²) in [6.07, 6.45) is 0. The number of carbonyl (C=O) groups is 1. The molecule has 0 bridgehead atoms. The van der Waals surface area contributed by atoms with Gasteiger partial charge in [-0.05, 0) is 46.3 Å². The Balaban J connectivity index is 2.08. The number of ketones is 1. The van der Waals surface area contributed by atoms with Crippen molar-refractivity contribution in [1.29, 1.82) is 0 Å². The van der Waals surface area contributed by atoms with E-state index in [4.69, 9.17) is 21.8 Å². The first-order chi connectivity index (χ1) is 9.56. The average molecular weight is 351 g/mol. The lowest BCUT2D eigenvalue weighted by atomic mass is 10.1. The summed E-state index contributed by atoms with van der Waals surface area (Å²) in [4.78, 5) is 12.4. The number of benzene rings is 2. The highest BCUT2D eigenvalue weighted by Gasteiger charge is 2.16. The topological polar surface area (TPSA) is 56.2 Å². The second-order valence-corrected chi connectivity index (χ2v) is 5.60. The fourth-order valence-electron chi connectivity index (χ4n) is 1.95. The monoisotopic (exact) mass is 349 g/mol. The largest absolute Gasteiger partial charge is 0.451 e. The van der Waals surface area contributed by atoms with E-state index in [2.05, 4.69) is 15.9 Å². The van der Waals surface area contributed by atoms with E-state index in [0.29, 0.717) is 26.3 Å². The number of nitrogens with two attached hydrogens (primary N) is 1. The Bertz CT molecular complexity index is 826. The SMILES string of the molecule is Nc1ccc(C(=O)c2cc3cccc(Cl)c3o2)cc1Br. The minimum Gasteiger partial charge on any atom is -0.451 e. The van der Waals surface area contributed by atoms with Crippen molar-refractivity contribution in [3.8, 4) is 0 Å². The molecule has 5 heteroatoms. The van der Waals surface area contributed by atoms with Gasteiger partial charge in [0.1, 0.15) is 0 Å². The molecule has 0 unspecified atom stereocenters. The van der Waals surface area contributed by atoms with Crippen molar-refractivity contribution in [1.82, 2.24) is 0 Å². The van der Waals surface area contributed by atoms with Gasteiger partial charge in [0.15, 0.2) is 11.3 Å². The van der Waals surface area contributed by atoms with Crippen LogP contribution in [0.1, 0.15) is 16.1 Å². The average Bonchev–Trinajstić information content (AvgIpc) is 2.86. The summed E-state index contributed by atoms with van der Waals surface area (Å²) in [5.74, 6) is 0.0442. The zero-order valence-corrected chi connectivity index (χ0v) is 12.5. The van der Waals surface area contributed by atoms with Gasteiger partial charge in [0.25, 0.3) is 0 Å². The number of carbonyl (C=O) groups excluding carboxylic acids is 1. The third kappa shape index (κ3) is 2.21. The Morgan fingerprint density at radius 2 is 2.00 bits per heavy atom. The van der Waals surface area contributed by atoms with Crippen molar-refractivity contribution in [3.05, 3.63) is 63.3 Å². The van der Waals surface area contributed by atoms with Gasteiger partial charge in [-0.3, -0.25) is 4.79 Å². The van der Waals surface area contributed by atoms with Crippen molar-refractivity contribution >= 4 is 50.0 Å². The van der Waals surface area contributed by atoms with E-state index < -0.39 is 0 Å². The van der Waals surface area contributed by atoms with Crippen LogP contribution >= 0.6 is 27.5 Å². The molecular weight excluding hydrogens is 342 g/mol. The maximum absolute atomic E-state index is 12.4. The van der Waals surface area contributed by atoms with Crippen LogP contribution in [0.3, 0.4) is 0 Å². The fraction of sp³-hybridized carbons (Fsp3) is 0. The van der Waals surface area contributed by atoms with Crippen molar-refractivity contribution in [3.63, 3.8) is 0 Å². The molecule has 0 saturated heterocycles. The summed E-state index contributed by atoms with van der Waals surface area (Å²) < 4.78 is 6.24. The molecule has 1 aromatic heterocycles. The molecule has 100 valence electrons. The number of nitrogen functional groups attached to an aromatic ring is 1. The molecule has 2 aromatic carbocycles. The molecular formula is C15H9BrClNO2. The number of furan rings is 1. The molecule has 0 radical (unpaired) electrons. The number of hydrogen-bond donors (Lipinski definition) is 1. The second-order valence-electron chi connectivity index (χ2n) is 4.33. The van der Waals surface area contributed by atoms with Crippen LogP contribution in [0.15, 0.2) is 51.4 Å². The van der Waals surface area contributed by atoms with Crippen LogP contribution in [0, 0.1) is 0 Å². The Labute approximate surface area is 128 Å². The number of hydrogen-bond acceptors (Lipinski definition) is 3. The van der Waals surface area contributed by atoms with E-state index in [1.807, 2.05) is 12.1 Å². The first-order valence-electron chi connectivity index (χ1n) is 5.84. The Morgan fingerprint density at radius 3 is 2.70 bits per heavy atom.